The molecule has 2 N–H and O–H groups in total. The molecule has 1 heterocycles. The molecule has 0 aliphatic carbocycles. The molecule has 6 heteroatoms. The summed E-state index contributed by atoms with van der Waals surface area (Å²) in [5.74, 6) is 0.833. The third-order valence-electron chi connectivity index (χ3n) is 2.64. The second-order valence-corrected chi connectivity index (χ2v) is 4.87. The first kappa shape index (κ1) is 14.4. The number of aromatic nitrogens is 1. The van der Waals surface area contributed by atoms with Crippen LogP contribution in [0.1, 0.15) is 17.9 Å². The zero-order chi connectivity index (χ0) is 14.4. The molecule has 0 spiro atoms. The lowest BCUT2D eigenvalue weighted by atomic mass is 10.2. The van der Waals surface area contributed by atoms with E-state index in [9.17, 15) is 4.79 Å². The second-order valence-electron chi connectivity index (χ2n) is 4.43. The monoisotopic (exact) mass is 293 g/mol. The van der Waals surface area contributed by atoms with Gasteiger partial charge in [-0.3, -0.25) is 0 Å². The number of carbonyl (C=O) groups excluding carboxylic acids is 1. The highest BCUT2D eigenvalue weighted by Crippen LogP contribution is 2.14. The molecule has 0 atom stereocenters. The number of amides is 2. The first-order valence-corrected chi connectivity index (χ1v) is 6.74. The highest BCUT2D eigenvalue weighted by molar-refractivity contribution is 6.30. The molecule has 106 valence electrons. The number of hydrogen-bond donors (Lipinski definition) is 2. The highest BCUT2D eigenvalue weighted by Gasteiger charge is 2.03. The van der Waals surface area contributed by atoms with Crippen LogP contribution in [0, 0.1) is 6.92 Å². The van der Waals surface area contributed by atoms with Crippen LogP contribution < -0.4 is 10.6 Å². The molecule has 0 saturated carbocycles. The summed E-state index contributed by atoms with van der Waals surface area (Å²) in [6.07, 6.45) is 1.54. The molecule has 2 aromatic rings. The van der Waals surface area contributed by atoms with E-state index in [1.807, 2.05) is 13.0 Å². The Hall–Kier alpha value is -2.01. The van der Waals surface area contributed by atoms with E-state index in [1.165, 1.54) is 0 Å². The summed E-state index contributed by atoms with van der Waals surface area (Å²) in [4.78, 5) is 11.6. The van der Waals surface area contributed by atoms with Gasteiger partial charge in [0.25, 0.3) is 0 Å². The number of rotatable bonds is 5. The molecule has 1 aromatic heterocycles. The van der Waals surface area contributed by atoms with Crippen molar-refractivity contribution in [2.75, 3.05) is 11.9 Å². The minimum atomic E-state index is -0.249. The van der Waals surface area contributed by atoms with Gasteiger partial charge in [-0.25, -0.2) is 4.79 Å². The Balaban J connectivity index is 1.67. The van der Waals surface area contributed by atoms with Crippen molar-refractivity contribution in [1.29, 1.82) is 0 Å². The lowest BCUT2D eigenvalue weighted by molar-refractivity contribution is 0.252. The van der Waals surface area contributed by atoms with Crippen LogP contribution in [0.5, 0.6) is 0 Å². The normalized spacial score (nSPS) is 10.3. The average Bonchev–Trinajstić information content (AvgIpc) is 2.80. The number of carbonyl (C=O) groups is 1. The fourth-order valence-electron chi connectivity index (χ4n) is 1.74. The predicted molar refractivity (Wildman–Crippen MR) is 78.0 cm³/mol. The summed E-state index contributed by atoms with van der Waals surface area (Å²) < 4.78 is 5.09. The molecule has 1 aromatic carbocycles. The van der Waals surface area contributed by atoms with Crippen LogP contribution in [0.15, 0.2) is 34.9 Å². The van der Waals surface area contributed by atoms with Crippen LogP contribution in [0.25, 0.3) is 0 Å². The molecule has 2 amide bonds. The first-order chi connectivity index (χ1) is 9.63. The molecule has 0 radical (unpaired) electrons. The Morgan fingerprint density at radius 1 is 1.40 bits per heavy atom. The van der Waals surface area contributed by atoms with Crippen molar-refractivity contribution >= 4 is 23.3 Å². The van der Waals surface area contributed by atoms with Gasteiger partial charge < -0.3 is 15.2 Å². The molecule has 5 nitrogen and oxygen atoms in total. The van der Waals surface area contributed by atoms with Crippen LogP contribution in [0.3, 0.4) is 0 Å². The first-order valence-electron chi connectivity index (χ1n) is 6.36. The maximum Gasteiger partial charge on any atom is 0.319 e. The zero-order valence-electron chi connectivity index (χ0n) is 11.1. The molecule has 20 heavy (non-hydrogen) atoms. The fourth-order valence-corrected chi connectivity index (χ4v) is 1.93. The Morgan fingerprint density at radius 2 is 2.25 bits per heavy atom. The van der Waals surface area contributed by atoms with Crippen molar-refractivity contribution in [1.82, 2.24) is 10.5 Å². The third kappa shape index (κ3) is 4.59. The van der Waals surface area contributed by atoms with Crippen LogP contribution in [0.4, 0.5) is 10.5 Å². The zero-order valence-corrected chi connectivity index (χ0v) is 11.9. The molecule has 0 fully saturated rings. The van der Waals surface area contributed by atoms with E-state index in [0.717, 1.165) is 24.3 Å². The summed E-state index contributed by atoms with van der Waals surface area (Å²) in [6, 6.07) is 8.66. The smallest absolute Gasteiger partial charge is 0.319 e. The molecule has 0 aliphatic heterocycles. The standard InChI is InChI=1S/C14H16ClN3O2/c1-10-8-13(20-18-10)6-3-7-16-14(19)17-12-5-2-4-11(15)9-12/h2,4-5,8-9H,3,6-7H2,1H3,(H2,16,17,19). The number of nitrogens with one attached hydrogen (secondary N) is 2. The fraction of sp³-hybridized carbons (Fsp3) is 0.286. The van der Waals surface area contributed by atoms with Crippen molar-refractivity contribution in [3.63, 3.8) is 0 Å². The maximum atomic E-state index is 11.6. The van der Waals surface area contributed by atoms with Crippen LogP contribution in [-0.4, -0.2) is 17.7 Å². The van der Waals surface area contributed by atoms with Crippen molar-refractivity contribution in [2.45, 2.75) is 19.8 Å². The van der Waals surface area contributed by atoms with E-state index in [4.69, 9.17) is 16.1 Å². The molecule has 0 bridgehead atoms. The average molecular weight is 294 g/mol. The Bertz CT molecular complexity index is 583. The maximum absolute atomic E-state index is 11.6. The minimum Gasteiger partial charge on any atom is -0.361 e. The lowest BCUT2D eigenvalue weighted by Crippen LogP contribution is -2.29. The van der Waals surface area contributed by atoms with Gasteiger partial charge in [0, 0.05) is 29.7 Å². The Labute approximate surface area is 122 Å². The van der Waals surface area contributed by atoms with E-state index in [1.54, 1.807) is 24.3 Å². The van der Waals surface area contributed by atoms with Gasteiger partial charge in [-0.15, -0.1) is 0 Å². The molecule has 2 rings (SSSR count). The van der Waals surface area contributed by atoms with Gasteiger partial charge in [-0.05, 0) is 31.5 Å². The summed E-state index contributed by atoms with van der Waals surface area (Å²) in [6.45, 7) is 2.44. The number of benzene rings is 1. The molecule has 0 aliphatic rings. The van der Waals surface area contributed by atoms with Crippen LogP contribution in [0.2, 0.25) is 5.02 Å². The largest absolute Gasteiger partial charge is 0.361 e. The number of nitrogens with zero attached hydrogens (tertiary/aromatic N) is 1. The Morgan fingerprint density at radius 3 is 2.95 bits per heavy atom. The van der Waals surface area contributed by atoms with E-state index >= 15 is 0 Å². The van der Waals surface area contributed by atoms with Crippen molar-refractivity contribution in [3.05, 3.63) is 46.8 Å². The quantitative estimate of drug-likeness (QED) is 0.830. The predicted octanol–water partition coefficient (Wildman–Crippen LogP) is 3.39. The minimum absolute atomic E-state index is 0.249. The van der Waals surface area contributed by atoms with Gasteiger partial charge >= 0.3 is 6.03 Å². The van der Waals surface area contributed by atoms with E-state index < -0.39 is 0 Å². The van der Waals surface area contributed by atoms with Gasteiger partial charge in [0.1, 0.15) is 5.76 Å². The third-order valence-corrected chi connectivity index (χ3v) is 2.88. The second kappa shape index (κ2) is 6.96. The van der Waals surface area contributed by atoms with Crippen molar-refractivity contribution in [2.24, 2.45) is 0 Å². The number of urea groups is 1. The lowest BCUT2D eigenvalue weighted by Gasteiger charge is -2.07. The molecule has 0 unspecified atom stereocenters. The van der Waals surface area contributed by atoms with Gasteiger partial charge in [0.05, 0.1) is 5.69 Å². The van der Waals surface area contributed by atoms with Gasteiger partial charge in [0.2, 0.25) is 0 Å². The number of anilines is 1. The van der Waals surface area contributed by atoms with Crippen molar-refractivity contribution < 1.29 is 9.32 Å². The summed E-state index contributed by atoms with van der Waals surface area (Å²) in [5.41, 5.74) is 1.53. The van der Waals surface area contributed by atoms with Crippen LogP contribution in [-0.2, 0) is 6.42 Å². The van der Waals surface area contributed by atoms with E-state index in [0.29, 0.717) is 17.3 Å². The molecular weight excluding hydrogens is 278 g/mol. The van der Waals surface area contributed by atoms with Gasteiger partial charge in [0.15, 0.2) is 0 Å². The number of hydrogen-bond acceptors (Lipinski definition) is 3. The Kier molecular flexibility index (Phi) is 5.01. The number of halogens is 1. The van der Waals surface area contributed by atoms with Gasteiger partial charge in [-0.2, -0.15) is 0 Å². The van der Waals surface area contributed by atoms with E-state index in [2.05, 4.69) is 15.8 Å². The summed E-state index contributed by atoms with van der Waals surface area (Å²) in [7, 11) is 0. The van der Waals surface area contributed by atoms with E-state index in [-0.39, 0.29) is 6.03 Å². The molecule has 0 saturated heterocycles. The number of aryl methyl sites for hydroxylation is 2. The van der Waals surface area contributed by atoms with Crippen molar-refractivity contribution in [3.8, 4) is 0 Å². The van der Waals surface area contributed by atoms with Gasteiger partial charge in [-0.1, -0.05) is 22.8 Å². The summed E-state index contributed by atoms with van der Waals surface area (Å²) in [5, 5.41) is 9.88. The summed E-state index contributed by atoms with van der Waals surface area (Å²) >= 11 is 5.84. The topological polar surface area (TPSA) is 67.2 Å². The SMILES string of the molecule is Cc1cc(CCCNC(=O)Nc2cccc(Cl)c2)on1. The van der Waals surface area contributed by atoms with Crippen LogP contribution >= 0.6 is 11.6 Å². The highest BCUT2D eigenvalue weighted by atomic mass is 35.5. The molecular formula is C14H16ClN3O2.